The largest absolute Gasteiger partial charge is 0.371 e. The first-order chi connectivity index (χ1) is 8.29. The van der Waals surface area contributed by atoms with Crippen molar-refractivity contribution in [3.8, 4) is 0 Å². The van der Waals surface area contributed by atoms with Crippen molar-refractivity contribution in [1.29, 1.82) is 0 Å². The number of benzene rings is 1. The zero-order valence-electron chi connectivity index (χ0n) is 11.1. The minimum absolute atomic E-state index is 0.478. The van der Waals surface area contributed by atoms with Crippen molar-refractivity contribution in [1.82, 2.24) is 5.32 Å². The van der Waals surface area contributed by atoms with E-state index in [2.05, 4.69) is 54.4 Å². The van der Waals surface area contributed by atoms with Crippen LogP contribution < -0.4 is 10.2 Å². The Kier molecular flexibility index (Phi) is 4.06. The minimum Gasteiger partial charge on any atom is -0.371 e. The third-order valence-electron chi connectivity index (χ3n) is 4.11. The van der Waals surface area contributed by atoms with Crippen molar-refractivity contribution in [3.05, 3.63) is 30.3 Å². The molecule has 0 spiro atoms. The summed E-state index contributed by atoms with van der Waals surface area (Å²) in [5, 5.41) is 3.52. The summed E-state index contributed by atoms with van der Waals surface area (Å²) in [5.41, 5.74) is 1.83. The third-order valence-corrected chi connectivity index (χ3v) is 4.11. The first kappa shape index (κ1) is 12.4. The van der Waals surface area contributed by atoms with Crippen LogP contribution in [0, 0.1) is 5.41 Å². The van der Waals surface area contributed by atoms with Gasteiger partial charge in [0.05, 0.1) is 0 Å². The van der Waals surface area contributed by atoms with Crippen molar-refractivity contribution in [3.63, 3.8) is 0 Å². The normalized spacial score (nSPS) is 23.9. The van der Waals surface area contributed by atoms with Gasteiger partial charge in [-0.15, -0.1) is 0 Å². The molecule has 2 nitrogen and oxygen atoms in total. The predicted molar refractivity (Wildman–Crippen MR) is 74.5 cm³/mol. The summed E-state index contributed by atoms with van der Waals surface area (Å²) in [6, 6.07) is 10.8. The van der Waals surface area contributed by atoms with E-state index < -0.39 is 0 Å². The Balaban J connectivity index is 2.09. The van der Waals surface area contributed by atoms with Crippen molar-refractivity contribution in [2.45, 2.75) is 26.7 Å². The molecule has 0 amide bonds. The molecule has 1 saturated heterocycles. The Labute approximate surface area is 105 Å². The molecule has 0 aromatic heterocycles. The van der Waals surface area contributed by atoms with Crippen LogP contribution in [-0.4, -0.2) is 26.2 Å². The van der Waals surface area contributed by atoms with Crippen LogP contribution in [-0.2, 0) is 0 Å². The molecule has 94 valence electrons. The molecule has 0 radical (unpaired) electrons. The van der Waals surface area contributed by atoms with Crippen LogP contribution >= 0.6 is 0 Å². The quantitative estimate of drug-likeness (QED) is 0.839. The summed E-state index contributed by atoms with van der Waals surface area (Å²) < 4.78 is 0. The first-order valence-corrected chi connectivity index (χ1v) is 6.80. The maximum absolute atomic E-state index is 3.52. The fourth-order valence-corrected chi connectivity index (χ4v) is 2.77. The molecule has 0 saturated carbocycles. The average molecular weight is 232 g/mol. The highest BCUT2D eigenvalue weighted by atomic mass is 15.1. The molecular formula is C15H24N2. The SMILES string of the molecule is CCN(CC1(CC)CCNC1)c1ccccc1. The monoisotopic (exact) mass is 232 g/mol. The van der Waals surface area contributed by atoms with Crippen LogP contribution in [0.4, 0.5) is 5.69 Å². The molecule has 1 aromatic rings. The lowest BCUT2D eigenvalue weighted by molar-refractivity contribution is 0.313. The average Bonchev–Trinajstić information content (AvgIpc) is 2.86. The summed E-state index contributed by atoms with van der Waals surface area (Å²) in [5.74, 6) is 0. The molecule has 1 N–H and O–H groups in total. The zero-order valence-corrected chi connectivity index (χ0v) is 11.1. The van der Waals surface area contributed by atoms with E-state index in [1.54, 1.807) is 0 Å². The van der Waals surface area contributed by atoms with Gasteiger partial charge in [0.2, 0.25) is 0 Å². The lowest BCUT2D eigenvalue weighted by Crippen LogP contribution is -2.39. The molecule has 1 aliphatic rings. The Hall–Kier alpha value is -1.02. The fraction of sp³-hybridized carbons (Fsp3) is 0.600. The van der Waals surface area contributed by atoms with E-state index in [9.17, 15) is 0 Å². The molecule has 2 heteroatoms. The van der Waals surface area contributed by atoms with Crippen LogP contribution in [0.5, 0.6) is 0 Å². The first-order valence-electron chi connectivity index (χ1n) is 6.80. The van der Waals surface area contributed by atoms with E-state index in [1.807, 2.05) is 0 Å². The molecular weight excluding hydrogens is 208 g/mol. The van der Waals surface area contributed by atoms with Crippen LogP contribution in [0.1, 0.15) is 26.7 Å². The second kappa shape index (κ2) is 5.54. The maximum atomic E-state index is 3.52. The second-order valence-corrected chi connectivity index (χ2v) is 5.13. The molecule has 1 unspecified atom stereocenters. The molecule has 17 heavy (non-hydrogen) atoms. The Bertz CT molecular complexity index is 328. The van der Waals surface area contributed by atoms with Gasteiger partial charge in [0.1, 0.15) is 0 Å². The van der Waals surface area contributed by atoms with Crippen LogP contribution in [0.3, 0.4) is 0 Å². The van der Waals surface area contributed by atoms with Crippen molar-refractivity contribution >= 4 is 5.69 Å². The van der Waals surface area contributed by atoms with Crippen molar-refractivity contribution in [2.75, 3.05) is 31.1 Å². The van der Waals surface area contributed by atoms with Gasteiger partial charge >= 0.3 is 0 Å². The van der Waals surface area contributed by atoms with E-state index in [4.69, 9.17) is 0 Å². The van der Waals surface area contributed by atoms with Gasteiger partial charge in [-0.2, -0.15) is 0 Å². The standard InChI is InChI=1S/C15H24N2/c1-3-15(10-11-16-12-15)13-17(4-2)14-8-6-5-7-9-14/h5-9,16H,3-4,10-13H2,1-2H3. The van der Waals surface area contributed by atoms with E-state index >= 15 is 0 Å². The number of hydrogen-bond donors (Lipinski definition) is 1. The number of rotatable bonds is 5. The molecule has 1 aromatic carbocycles. The lowest BCUT2D eigenvalue weighted by atomic mass is 9.83. The lowest BCUT2D eigenvalue weighted by Gasteiger charge is -2.35. The number of anilines is 1. The van der Waals surface area contributed by atoms with E-state index in [-0.39, 0.29) is 0 Å². The van der Waals surface area contributed by atoms with Gasteiger partial charge in [-0.3, -0.25) is 0 Å². The molecule has 0 bridgehead atoms. The summed E-state index contributed by atoms with van der Waals surface area (Å²) in [7, 11) is 0. The molecule has 1 atom stereocenters. The number of para-hydroxylation sites is 1. The van der Waals surface area contributed by atoms with Crippen molar-refractivity contribution < 1.29 is 0 Å². The van der Waals surface area contributed by atoms with Crippen LogP contribution in [0.2, 0.25) is 0 Å². The summed E-state index contributed by atoms with van der Waals surface area (Å²) in [6.07, 6.45) is 2.58. The summed E-state index contributed by atoms with van der Waals surface area (Å²) in [4.78, 5) is 2.51. The van der Waals surface area contributed by atoms with Gasteiger partial charge in [-0.05, 0) is 38.4 Å². The Morgan fingerprint density at radius 1 is 1.24 bits per heavy atom. The fourth-order valence-electron chi connectivity index (χ4n) is 2.77. The molecule has 1 aliphatic heterocycles. The number of nitrogens with one attached hydrogen (secondary N) is 1. The summed E-state index contributed by atoms with van der Waals surface area (Å²) in [6.45, 7) is 9.19. The highest BCUT2D eigenvalue weighted by Gasteiger charge is 2.33. The number of nitrogens with zero attached hydrogens (tertiary/aromatic N) is 1. The van der Waals surface area contributed by atoms with E-state index in [1.165, 1.54) is 38.2 Å². The van der Waals surface area contributed by atoms with Crippen molar-refractivity contribution in [2.24, 2.45) is 5.41 Å². The van der Waals surface area contributed by atoms with Gasteiger partial charge in [0.25, 0.3) is 0 Å². The minimum atomic E-state index is 0.478. The van der Waals surface area contributed by atoms with Crippen LogP contribution in [0.15, 0.2) is 30.3 Å². The third kappa shape index (κ3) is 2.81. The molecule has 1 fully saturated rings. The molecule has 0 aliphatic carbocycles. The maximum Gasteiger partial charge on any atom is 0.0366 e. The highest BCUT2D eigenvalue weighted by molar-refractivity contribution is 5.46. The highest BCUT2D eigenvalue weighted by Crippen LogP contribution is 2.31. The van der Waals surface area contributed by atoms with Gasteiger partial charge in [-0.1, -0.05) is 25.1 Å². The Morgan fingerprint density at radius 3 is 2.53 bits per heavy atom. The molecule has 2 rings (SSSR count). The van der Waals surface area contributed by atoms with Gasteiger partial charge in [-0.25, -0.2) is 0 Å². The van der Waals surface area contributed by atoms with E-state index in [0.29, 0.717) is 5.41 Å². The topological polar surface area (TPSA) is 15.3 Å². The molecule has 1 heterocycles. The van der Waals surface area contributed by atoms with Gasteiger partial charge in [0.15, 0.2) is 0 Å². The van der Waals surface area contributed by atoms with Crippen LogP contribution in [0.25, 0.3) is 0 Å². The van der Waals surface area contributed by atoms with Gasteiger partial charge in [0, 0.05) is 30.7 Å². The smallest absolute Gasteiger partial charge is 0.0366 e. The zero-order chi connectivity index (χ0) is 12.1. The second-order valence-electron chi connectivity index (χ2n) is 5.13. The predicted octanol–water partition coefficient (Wildman–Crippen LogP) is 2.90. The number of hydrogen-bond acceptors (Lipinski definition) is 2. The van der Waals surface area contributed by atoms with E-state index in [0.717, 1.165) is 6.54 Å². The Morgan fingerprint density at radius 2 is 2.00 bits per heavy atom. The summed E-state index contributed by atoms with van der Waals surface area (Å²) >= 11 is 0. The van der Waals surface area contributed by atoms with Gasteiger partial charge < -0.3 is 10.2 Å².